The van der Waals surface area contributed by atoms with Crippen LogP contribution in [0.25, 0.3) is 0 Å². The predicted octanol–water partition coefficient (Wildman–Crippen LogP) is -0.244. The minimum Gasteiger partial charge on any atom is -0.325 e. The van der Waals surface area contributed by atoms with E-state index in [0.717, 1.165) is 32.7 Å². The van der Waals surface area contributed by atoms with Gasteiger partial charge in [-0.15, -0.1) is 0 Å². The molecule has 2 atom stereocenters. The van der Waals surface area contributed by atoms with Crippen LogP contribution in [0.3, 0.4) is 0 Å². The van der Waals surface area contributed by atoms with Gasteiger partial charge in [-0.3, -0.25) is 9.36 Å². The van der Waals surface area contributed by atoms with Crippen molar-refractivity contribution < 1.29 is 0 Å². The van der Waals surface area contributed by atoms with Gasteiger partial charge in [-0.25, -0.2) is 0 Å². The lowest BCUT2D eigenvalue weighted by atomic mass is 10.2. The second-order valence-electron chi connectivity index (χ2n) is 5.33. The summed E-state index contributed by atoms with van der Waals surface area (Å²) in [5.41, 5.74) is 12.4. The Kier molecular flexibility index (Phi) is 5.91. The third kappa shape index (κ3) is 5.30. The van der Waals surface area contributed by atoms with E-state index >= 15 is 0 Å². The lowest BCUT2D eigenvalue weighted by molar-refractivity contribution is 0.235. The highest BCUT2D eigenvalue weighted by atomic mass is 15.3. The van der Waals surface area contributed by atoms with Gasteiger partial charge in [-0.1, -0.05) is 6.92 Å². The third-order valence-electron chi connectivity index (χ3n) is 3.39. The van der Waals surface area contributed by atoms with Crippen LogP contribution in [0.5, 0.6) is 0 Å². The zero-order chi connectivity index (χ0) is 15.1. The molecule has 0 radical (unpaired) electrons. The van der Waals surface area contributed by atoms with Gasteiger partial charge in [0, 0.05) is 50.0 Å². The van der Waals surface area contributed by atoms with Gasteiger partial charge in [0.05, 0.1) is 13.1 Å². The van der Waals surface area contributed by atoms with Crippen molar-refractivity contribution in [2.45, 2.75) is 32.1 Å². The van der Waals surface area contributed by atoms with E-state index in [2.05, 4.69) is 22.0 Å². The van der Waals surface area contributed by atoms with Crippen molar-refractivity contribution in [3.05, 3.63) is 36.9 Å². The summed E-state index contributed by atoms with van der Waals surface area (Å²) in [6.45, 7) is 6.11. The van der Waals surface area contributed by atoms with Crippen molar-refractivity contribution in [1.82, 2.24) is 24.5 Å². The van der Waals surface area contributed by atoms with Gasteiger partial charge in [0.25, 0.3) is 0 Å². The fraction of sp³-hybridized carbons (Fsp3) is 0.571. The molecule has 2 unspecified atom stereocenters. The Morgan fingerprint density at radius 2 is 1.43 bits per heavy atom. The van der Waals surface area contributed by atoms with Crippen molar-refractivity contribution in [2.24, 2.45) is 11.5 Å². The Hall–Kier alpha value is -1.70. The number of rotatable bonds is 9. The first-order chi connectivity index (χ1) is 10.2. The van der Waals surface area contributed by atoms with E-state index in [4.69, 9.17) is 11.5 Å². The first-order valence-electron chi connectivity index (χ1n) is 7.35. The molecule has 0 bridgehead atoms. The first kappa shape index (κ1) is 15.7. The molecule has 0 spiro atoms. The summed E-state index contributed by atoms with van der Waals surface area (Å²) in [6.07, 6.45) is 7.40. The van der Waals surface area contributed by atoms with Crippen LogP contribution in [0.15, 0.2) is 36.9 Å². The summed E-state index contributed by atoms with van der Waals surface area (Å²) >= 11 is 0. The summed E-state index contributed by atoms with van der Waals surface area (Å²) in [7, 11) is 0. The third-order valence-corrected chi connectivity index (χ3v) is 3.39. The molecule has 2 heterocycles. The quantitative estimate of drug-likeness (QED) is 0.665. The second-order valence-corrected chi connectivity index (χ2v) is 5.33. The normalized spacial score (nSPS) is 14.5. The molecule has 0 aliphatic rings. The number of hydrogen-bond donors (Lipinski definition) is 2. The summed E-state index contributed by atoms with van der Waals surface area (Å²) in [5, 5.41) is 8.36. The molecule has 0 saturated heterocycles. The molecule has 0 aliphatic heterocycles. The van der Waals surface area contributed by atoms with Crippen LogP contribution in [0.4, 0.5) is 0 Å². The maximum absolute atomic E-state index is 6.19. The van der Waals surface area contributed by atoms with Crippen LogP contribution in [-0.2, 0) is 13.1 Å². The van der Waals surface area contributed by atoms with Crippen LogP contribution in [-0.4, -0.2) is 56.2 Å². The molecule has 7 nitrogen and oxygen atoms in total. The van der Waals surface area contributed by atoms with Crippen molar-refractivity contribution >= 4 is 0 Å². The fourth-order valence-electron chi connectivity index (χ4n) is 2.41. The molecule has 0 aromatic carbocycles. The topological polar surface area (TPSA) is 90.9 Å². The van der Waals surface area contributed by atoms with Crippen LogP contribution < -0.4 is 11.5 Å². The zero-order valence-corrected chi connectivity index (χ0v) is 12.5. The van der Waals surface area contributed by atoms with E-state index in [9.17, 15) is 0 Å². The van der Waals surface area contributed by atoms with Crippen LogP contribution in [0.2, 0.25) is 0 Å². The zero-order valence-electron chi connectivity index (χ0n) is 12.5. The number of nitrogens with zero attached hydrogens (tertiary/aromatic N) is 5. The van der Waals surface area contributed by atoms with E-state index in [1.807, 2.05) is 33.9 Å². The molecule has 0 fully saturated rings. The molecular formula is C14H25N7. The van der Waals surface area contributed by atoms with Gasteiger partial charge in [-0.2, -0.15) is 10.2 Å². The highest BCUT2D eigenvalue weighted by Gasteiger charge is 2.14. The first-order valence-corrected chi connectivity index (χ1v) is 7.35. The highest BCUT2D eigenvalue weighted by molar-refractivity contribution is 4.82. The van der Waals surface area contributed by atoms with E-state index < -0.39 is 0 Å². The molecule has 0 aliphatic carbocycles. The van der Waals surface area contributed by atoms with Crippen LogP contribution in [0, 0.1) is 0 Å². The molecule has 21 heavy (non-hydrogen) atoms. The van der Waals surface area contributed by atoms with Crippen LogP contribution in [0.1, 0.15) is 6.92 Å². The molecule has 7 heteroatoms. The highest BCUT2D eigenvalue weighted by Crippen LogP contribution is 1.98. The predicted molar refractivity (Wildman–Crippen MR) is 82.5 cm³/mol. The van der Waals surface area contributed by atoms with Crippen molar-refractivity contribution in [3.63, 3.8) is 0 Å². The molecule has 4 N–H and O–H groups in total. The van der Waals surface area contributed by atoms with E-state index in [1.165, 1.54) is 0 Å². The largest absolute Gasteiger partial charge is 0.325 e. The Bertz CT molecular complexity index is 435. The van der Waals surface area contributed by atoms with Gasteiger partial charge >= 0.3 is 0 Å². The average Bonchev–Trinajstić information content (AvgIpc) is 3.11. The molecular weight excluding hydrogens is 266 g/mol. The molecule has 2 rings (SSSR count). The summed E-state index contributed by atoms with van der Waals surface area (Å²) < 4.78 is 3.73. The summed E-state index contributed by atoms with van der Waals surface area (Å²) in [5.74, 6) is 0. The van der Waals surface area contributed by atoms with E-state index in [1.54, 1.807) is 12.4 Å². The van der Waals surface area contributed by atoms with Gasteiger partial charge in [-0.05, 0) is 18.7 Å². The number of nitrogens with two attached hydrogens (primary N) is 2. The van der Waals surface area contributed by atoms with Gasteiger partial charge < -0.3 is 16.4 Å². The van der Waals surface area contributed by atoms with Gasteiger partial charge in [0.15, 0.2) is 0 Å². The maximum Gasteiger partial charge on any atom is 0.0573 e. The van der Waals surface area contributed by atoms with Gasteiger partial charge in [0.2, 0.25) is 0 Å². The Morgan fingerprint density at radius 1 is 0.952 bits per heavy atom. The lowest BCUT2D eigenvalue weighted by Crippen LogP contribution is -2.46. The Balaban J connectivity index is 1.76. The minimum absolute atomic E-state index is 0.0433. The van der Waals surface area contributed by atoms with E-state index in [0.29, 0.717) is 0 Å². The number of hydrogen-bond acceptors (Lipinski definition) is 5. The maximum atomic E-state index is 6.19. The van der Waals surface area contributed by atoms with E-state index in [-0.39, 0.29) is 12.1 Å². The summed E-state index contributed by atoms with van der Waals surface area (Å²) in [6, 6.07) is 3.90. The monoisotopic (exact) mass is 291 g/mol. The smallest absolute Gasteiger partial charge is 0.0573 e. The van der Waals surface area contributed by atoms with Crippen molar-refractivity contribution in [1.29, 1.82) is 0 Å². The van der Waals surface area contributed by atoms with Crippen molar-refractivity contribution in [2.75, 3.05) is 19.6 Å². The van der Waals surface area contributed by atoms with Crippen LogP contribution >= 0.6 is 0 Å². The molecule has 0 saturated carbocycles. The number of likely N-dealkylation sites (N-methyl/N-ethyl adjacent to an activating group) is 1. The molecule has 2 aromatic heterocycles. The second kappa shape index (κ2) is 7.92. The van der Waals surface area contributed by atoms with Gasteiger partial charge in [0.1, 0.15) is 0 Å². The molecule has 0 amide bonds. The average molecular weight is 291 g/mol. The molecule has 116 valence electrons. The Morgan fingerprint density at radius 3 is 1.76 bits per heavy atom. The molecule has 2 aromatic rings. The fourth-order valence-corrected chi connectivity index (χ4v) is 2.41. The Labute approximate surface area is 125 Å². The lowest BCUT2D eigenvalue weighted by Gasteiger charge is -2.27. The minimum atomic E-state index is 0.0433. The standard InChI is InChI=1S/C14H25N7/c1-2-19(9-13(15)11-20-7-3-5-17-20)10-14(16)12-21-8-4-6-18-21/h3-8,13-14H,2,9-12,15-16H2,1H3. The SMILES string of the molecule is CCN(CC(N)Cn1cccn1)CC(N)Cn1cccn1. The van der Waals surface area contributed by atoms with Crippen molar-refractivity contribution in [3.8, 4) is 0 Å². The summed E-state index contributed by atoms with van der Waals surface area (Å²) in [4.78, 5) is 2.28. The number of aromatic nitrogens is 4.